The van der Waals surface area contributed by atoms with Gasteiger partial charge in [0.1, 0.15) is 12.6 Å². The van der Waals surface area contributed by atoms with Gasteiger partial charge in [0.2, 0.25) is 5.91 Å². The summed E-state index contributed by atoms with van der Waals surface area (Å²) in [6.07, 6.45) is 1.58. The van der Waals surface area contributed by atoms with Crippen LogP contribution in [-0.4, -0.2) is 46.2 Å². The molecule has 1 amide bonds. The predicted octanol–water partition coefficient (Wildman–Crippen LogP) is 0.778. The number of carboxylic acid groups (broad SMARTS) is 1. The number of aromatic nitrogens is 2. The molecule has 22 heavy (non-hydrogen) atoms. The van der Waals surface area contributed by atoms with Crippen molar-refractivity contribution >= 4 is 22.9 Å². The molecule has 2 aromatic rings. The normalized spacial score (nSPS) is 12.0. The molecule has 0 bridgehead atoms. The zero-order valence-corrected chi connectivity index (χ0v) is 12.2. The average molecular weight is 303 g/mol. The monoisotopic (exact) mass is 303 g/mol. The van der Waals surface area contributed by atoms with Crippen LogP contribution in [0.15, 0.2) is 30.5 Å². The quantitative estimate of drug-likeness (QED) is 0.783. The second kappa shape index (κ2) is 7.46. The van der Waals surface area contributed by atoms with Crippen molar-refractivity contribution in [2.45, 2.75) is 19.4 Å². The maximum Gasteiger partial charge on any atom is 0.326 e. The minimum Gasteiger partial charge on any atom is -0.480 e. The van der Waals surface area contributed by atoms with Crippen LogP contribution >= 0.6 is 0 Å². The van der Waals surface area contributed by atoms with E-state index < -0.39 is 17.9 Å². The van der Waals surface area contributed by atoms with Crippen molar-refractivity contribution in [3.05, 3.63) is 36.2 Å². The molecule has 7 nitrogen and oxygen atoms in total. The Kier molecular flexibility index (Phi) is 5.37. The van der Waals surface area contributed by atoms with Gasteiger partial charge in [0, 0.05) is 19.2 Å². The Morgan fingerprint density at radius 2 is 2.05 bits per heavy atom. The lowest BCUT2D eigenvalue weighted by Crippen LogP contribution is -2.44. The summed E-state index contributed by atoms with van der Waals surface area (Å²) >= 11 is 0. The van der Waals surface area contributed by atoms with Crippen LogP contribution in [-0.2, 0) is 20.7 Å². The third-order valence-electron chi connectivity index (χ3n) is 2.98. The van der Waals surface area contributed by atoms with Gasteiger partial charge in [-0.15, -0.1) is 0 Å². The molecule has 0 saturated heterocycles. The number of fused-ring (bicyclic) bond motifs is 1. The van der Waals surface area contributed by atoms with Crippen LogP contribution in [0, 0.1) is 0 Å². The van der Waals surface area contributed by atoms with Crippen LogP contribution in [0.1, 0.15) is 12.6 Å². The molecule has 0 aliphatic rings. The summed E-state index contributed by atoms with van der Waals surface area (Å²) in [6.45, 7) is 1.98. The Morgan fingerprint density at radius 3 is 2.73 bits per heavy atom. The number of hydrogen-bond donors (Lipinski definition) is 2. The third-order valence-corrected chi connectivity index (χ3v) is 2.98. The topological polar surface area (TPSA) is 101 Å². The van der Waals surface area contributed by atoms with Crippen molar-refractivity contribution < 1.29 is 19.4 Å². The van der Waals surface area contributed by atoms with Gasteiger partial charge in [-0.25, -0.2) is 9.78 Å². The second-order valence-corrected chi connectivity index (χ2v) is 4.65. The smallest absolute Gasteiger partial charge is 0.326 e. The van der Waals surface area contributed by atoms with E-state index in [0.29, 0.717) is 17.8 Å². The molecule has 0 spiro atoms. The largest absolute Gasteiger partial charge is 0.480 e. The van der Waals surface area contributed by atoms with E-state index in [1.165, 1.54) is 6.20 Å². The van der Waals surface area contributed by atoms with Gasteiger partial charge in [0.05, 0.1) is 16.7 Å². The minimum atomic E-state index is -1.13. The van der Waals surface area contributed by atoms with E-state index in [1.54, 1.807) is 13.0 Å². The van der Waals surface area contributed by atoms with Gasteiger partial charge in [-0.3, -0.25) is 9.78 Å². The molecule has 0 fully saturated rings. The molecule has 7 heteroatoms. The molecule has 0 saturated carbocycles. The van der Waals surface area contributed by atoms with Crippen molar-refractivity contribution in [1.82, 2.24) is 15.3 Å². The third kappa shape index (κ3) is 4.23. The molecule has 0 aliphatic carbocycles. The Hall–Kier alpha value is -2.54. The van der Waals surface area contributed by atoms with Crippen molar-refractivity contribution in [1.29, 1.82) is 0 Å². The van der Waals surface area contributed by atoms with E-state index >= 15 is 0 Å². The number of carboxylic acids is 1. The first-order valence-electron chi connectivity index (χ1n) is 6.90. The molecule has 0 unspecified atom stereocenters. The lowest BCUT2D eigenvalue weighted by atomic mass is 10.1. The number of carbonyl (C=O) groups is 2. The summed E-state index contributed by atoms with van der Waals surface area (Å²) in [6, 6.07) is 6.24. The van der Waals surface area contributed by atoms with Crippen LogP contribution in [0.5, 0.6) is 0 Å². The van der Waals surface area contributed by atoms with E-state index in [4.69, 9.17) is 4.74 Å². The van der Waals surface area contributed by atoms with Gasteiger partial charge in [-0.1, -0.05) is 12.1 Å². The van der Waals surface area contributed by atoms with Gasteiger partial charge >= 0.3 is 5.97 Å². The number of rotatable bonds is 7. The Morgan fingerprint density at radius 1 is 1.32 bits per heavy atom. The number of ether oxygens (including phenoxy) is 1. The second-order valence-electron chi connectivity index (χ2n) is 4.65. The van der Waals surface area contributed by atoms with E-state index in [2.05, 4.69) is 15.3 Å². The summed E-state index contributed by atoms with van der Waals surface area (Å²) in [5.74, 6) is -1.59. The molecule has 2 N–H and O–H groups in total. The highest BCUT2D eigenvalue weighted by Crippen LogP contribution is 2.09. The summed E-state index contributed by atoms with van der Waals surface area (Å²) in [4.78, 5) is 31.4. The van der Waals surface area contributed by atoms with Gasteiger partial charge in [0.25, 0.3) is 0 Å². The van der Waals surface area contributed by atoms with Crippen LogP contribution in [0.3, 0.4) is 0 Å². The summed E-state index contributed by atoms with van der Waals surface area (Å²) in [5.41, 5.74) is 1.92. The highest BCUT2D eigenvalue weighted by Gasteiger charge is 2.21. The van der Waals surface area contributed by atoms with Crippen molar-refractivity contribution in [2.75, 3.05) is 13.2 Å². The van der Waals surface area contributed by atoms with E-state index in [9.17, 15) is 14.7 Å². The number of aliphatic carboxylic acids is 1. The molecular weight excluding hydrogens is 286 g/mol. The van der Waals surface area contributed by atoms with Crippen LogP contribution in [0.2, 0.25) is 0 Å². The fourth-order valence-electron chi connectivity index (χ4n) is 1.93. The van der Waals surface area contributed by atoms with Crippen LogP contribution in [0.4, 0.5) is 0 Å². The summed E-state index contributed by atoms with van der Waals surface area (Å²) < 4.78 is 4.95. The summed E-state index contributed by atoms with van der Waals surface area (Å²) in [5, 5.41) is 11.6. The van der Waals surface area contributed by atoms with Gasteiger partial charge < -0.3 is 15.2 Å². The van der Waals surface area contributed by atoms with Crippen LogP contribution in [0.25, 0.3) is 11.0 Å². The predicted molar refractivity (Wildman–Crippen MR) is 79.3 cm³/mol. The zero-order valence-electron chi connectivity index (χ0n) is 12.2. The highest BCUT2D eigenvalue weighted by atomic mass is 16.5. The highest BCUT2D eigenvalue weighted by molar-refractivity contribution is 5.84. The zero-order chi connectivity index (χ0) is 15.9. The number of nitrogens with one attached hydrogen (secondary N) is 1. The summed E-state index contributed by atoms with van der Waals surface area (Å²) in [7, 11) is 0. The van der Waals surface area contributed by atoms with Gasteiger partial charge in [-0.05, 0) is 19.1 Å². The Labute approximate surface area is 127 Å². The fraction of sp³-hybridized carbons (Fsp3) is 0.333. The van der Waals surface area contributed by atoms with Crippen molar-refractivity contribution in [2.24, 2.45) is 0 Å². The van der Waals surface area contributed by atoms with Crippen molar-refractivity contribution in [3.8, 4) is 0 Å². The van der Waals surface area contributed by atoms with E-state index in [-0.39, 0.29) is 13.0 Å². The van der Waals surface area contributed by atoms with Gasteiger partial charge in [-0.2, -0.15) is 0 Å². The molecule has 2 rings (SSSR count). The molecule has 1 aromatic heterocycles. The Bertz CT molecular complexity index is 675. The number of amides is 1. The van der Waals surface area contributed by atoms with Crippen LogP contribution < -0.4 is 5.32 Å². The fourth-order valence-corrected chi connectivity index (χ4v) is 1.93. The maximum absolute atomic E-state index is 11.6. The minimum absolute atomic E-state index is 0.0605. The number of carbonyl (C=O) groups excluding carboxylic acids is 1. The molecule has 0 aliphatic heterocycles. The number of hydrogen-bond acceptors (Lipinski definition) is 5. The first-order chi connectivity index (χ1) is 10.6. The average Bonchev–Trinajstić information content (AvgIpc) is 2.52. The first kappa shape index (κ1) is 15.8. The molecular formula is C15H17N3O4. The van der Waals surface area contributed by atoms with E-state index in [0.717, 1.165) is 5.52 Å². The number of nitrogens with zero attached hydrogens (tertiary/aromatic N) is 2. The van der Waals surface area contributed by atoms with Crippen molar-refractivity contribution in [3.63, 3.8) is 0 Å². The standard InChI is InChI=1S/C15H17N3O4/c1-2-22-9-14(19)18-13(15(20)21)7-10-8-16-11-5-3-4-6-12(11)17-10/h3-6,8,13H,2,7,9H2,1H3,(H,18,19)(H,20,21)/t13-/m1/s1. The molecule has 0 radical (unpaired) electrons. The lowest BCUT2D eigenvalue weighted by Gasteiger charge is -2.14. The molecule has 1 atom stereocenters. The van der Waals surface area contributed by atoms with Gasteiger partial charge in [0.15, 0.2) is 0 Å². The molecule has 1 aromatic carbocycles. The molecule has 116 valence electrons. The number of para-hydroxylation sites is 2. The Balaban J connectivity index is 2.08. The SMILES string of the molecule is CCOCC(=O)N[C@H](Cc1cnc2ccccc2n1)C(=O)O. The molecule has 1 heterocycles. The van der Waals surface area contributed by atoms with E-state index in [1.807, 2.05) is 18.2 Å². The number of benzene rings is 1. The maximum atomic E-state index is 11.6. The lowest BCUT2D eigenvalue weighted by molar-refractivity contribution is -0.142. The first-order valence-corrected chi connectivity index (χ1v) is 6.90.